The summed E-state index contributed by atoms with van der Waals surface area (Å²) in [6.45, 7) is 4.23. The van der Waals surface area contributed by atoms with Crippen LogP contribution in [-0.4, -0.2) is 27.6 Å². The molecule has 1 aromatic heterocycles. The van der Waals surface area contributed by atoms with Crippen LogP contribution in [0.25, 0.3) is 0 Å². The van der Waals surface area contributed by atoms with Gasteiger partial charge in [0.05, 0.1) is 23.3 Å². The molecule has 0 radical (unpaired) electrons. The van der Waals surface area contributed by atoms with Crippen LogP contribution in [0.4, 0.5) is 15.2 Å². The summed E-state index contributed by atoms with van der Waals surface area (Å²) in [6, 6.07) is 15.8. The van der Waals surface area contributed by atoms with Crippen molar-refractivity contribution in [2.24, 2.45) is 5.73 Å². The summed E-state index contributed by atoms with van der Waals surface area (Å²) in [5.41, 5.74) is 10.8. The van der Waals surface area contributed by atoms with Gasteiger partial charge in [0.1, 0.15) is 11.6 Å². The number of nitrogens with two attached hydrogens (primary N) is 1. The molecule has 1 aliphatic heterocycles. The highest BCUT2D eigenvalue weighted by Crippen LogP contribution is 2.47. The molecule has 0 spiro atoms. The van der Waals surface area contributed by atoms with Crippen LogP contribution >= 0.6 is 23.1 Å². The number of nitrogens with one attached hydrogen (secondary N) is 1. The van der Waals surface area contributed by atoms with Gasteiger partial charge in [-0.05, 0) is 54.2 Å². The number of hydrogen-bond donors (Lipinski definition) is 2. The first-order valence-corrected chi connectivity index (χ1v) is 14.6. The number of thioether (sulfide) groups is 1. The minimum Gasteiger partial charge on any atom is -0.384 e. The molecule has 3 N–H and O–H groups in total. The lowest BCUT2D eigenvalue weighted by Crippen LogP contribution is -2.38. The zero-order valence-electron chi connectivity index (χ0n) is 22.0. The Bertz CT molecular complexity index is 1550. The summed E-state index contributed by atoms with van der Waals surface area (Å²) >= 11 is 2.43. The van der Waals surface area contributed by atoms with E-state index >= 15 is 0 Å². The molecule has 204 valence electrons. The van der Waals surface area contributed by atoms with Crippen molar-refractivity contribution in [2.75, 3.05) is 16.0 Å². The number of amides is 1. The molecule has 1 unspecified atom stereocenters. The first-order chi connectivity index (χ1) is 19.3. The highest BCUT2D eigenvalue weighted by atomic mass is 32.2. The number of allylic oxidation sites excluding steroid dienone is 3. The summed E-state index contributed by atoms with van der Waals surface area (Å²) in [6.07, 6.45) is 1.70. The molecule has 3 aromatic rings. The second-order valence-electron chi connectivity index (χ2n) is 9.83. The third-order valence-corrected chi connectivity index (χ3v) is 8.93. The van der Waals surface area contributed by atoms with Gasteiger partial charge in [0.15, 0.2) is 10.1 Å². The molecular weight excluding hydrogens is 547 g/mol. The van der Waals surface area contributed by atoms with Crippen molar-refractivity contribution < 1.29 is 14.0 Å². The van der Waals surface area contributed by atoms with Crippen LogP contribution < -0.4 is 16.0 Å². The van der Waals surface area contributed by atoms with E-state index in [0.717, 1.165) is 11.3 Å². The van der Waals surface area contributed by atoms with Crippen LogP contribution in [-0.2, 0) is 9.59 Å². The van der Waals surface area contributed by atoms with Crippen molar-refractivity contribution in [1.82, 2.24) is 10.2 Å². The average Bonchev–Trinajstić information content (AvgIpc) is 3.41. The molecule has 1 atom stereocenters. The van der Waals surface area contributed by atoms with E-state index in [0.29, 0.717) is 51.5 Å². The molecule has 1 amide bonds. The summed E-state index contributed by atoms with van der Waals surface area (Å²) in [7, 11) is 0. The van der Waals surface area contributed by atoms with E-state index in [1.54, 1.807) is 4.90 Å². The lowest BCUT2D eigenvalue weighted by molar-refractivity contribution is -0.116. The smallest absolute Gasteiger partial charge is 0.234 e. The first kappa shape index (κ1) is 27.6. The molecule has 0 bridgehead atoms. The van der Waals surface area contributed by atoms with Gasteiger partial charge in [-0.1, -0.05) is 61.2 Å². The third-order valence-electron chi connectivity index (χ3n) is 6.89. The van der Waals surface area contributed by atoms with Crippen LogP contribution in [0.15, 0.2) is 75.5 Å². The molecule has 0 saturated carbocycles. The first-order valence-electron chi connectivity index (χ1n) is 12.8. The van der Waals surface area contributed by atoms with E-state index in [1.807, 2.05) is 24.3 Å². The van der Waals surface area contributed by atoms with Crippen molar-refractivity contribution >= 4 is 45.6 Å². The lowest BCUT2D eigenvalue weighted by atomic mass is 9.75. The topological polar surface area (TPSA) is 125 Å². The van der Waals surface area contributed by atoms with E-state index in [4.69, 9.17) is 5.73 Å². The molecule has 1 aliphatic carbocycles. The van der Waals surface area contributed by atoms with Crippen LogP contribution in [0, 0.1) is 17.1 Å². The Morgan fingerprint density at radius 2 is 1.93 bits per heavy atom. The summed E-state index contributed by atoms with van der Waals surface area (Å²) in [4.78, 5) is 27.4. The minimum atomic E-state index is -0.540. The fourth-order valence-electron chi connectivity index (χ4n) is 4.92. The number of ketones is 1. The molecule has 2 aliphatic rings. The zero-order chi connectivity index (χ0) is 28.4. The van der Waals surface area contributed by atoms with Crippen molar-refractivity contribution in [3.8, 4) is 6.07 Å². The minimum absolute atomic E-state index is 0.000939. The van der Waals surface area contributed by atoms with E-state index in [-0.39, 0.29) is 29.1 Å². The van der Waals surface area contributed by atoms with E-state index < -0.39 is 5.92 Å². The van der Waals surface area contributed by atoms with Gasteiger partial charge >= 0.3 is 0 Å². The number of carbonyl (C=O) groups is 2. The van der Waals surface area contributed by atoms with Gasteiger partial charge in [-0.2, -0.15) is 5.26 Å². The van der Waals surface area contributed by atoms with Gasteiger partial charge < -0.3 is 11.1 Å². The third kappa shape index (κ3) is 5.50. The van der Waals surface area contributed by atoms with E-state index in [9.17, 15) is 19.2 Å². The fourth-order valence-corrected chi connectivity index (χ4v) is 6.60. The highest BCUT2D eigenvalue weighted by Gasteiger charge is 2.41. The molecule has 2 aromatic carbocycles. The number of aromatic nitrogens is 2. The predicted octanol–water partition coefficient (Wildman–Crippen LogP) is 5.84. The van der Waals surface area contributed by atoms with Crippen LogP contribution in [0.3, 0.4) is 0 Å². The number of hydrogen-bond acceptors (Lipinski definition) is 9. The van der Waals surface area contributed by atoms with Gasteiger partial charge in [-0.3, -0.25) is 14.5 Å². The number of nitrogens with zero attached hydrogens (tertiary/aromatic N) is 4. The second-order valence-corrected chi connectivity index (χ2v) is 12.0. The Labute approximate surface area is 239 Å². The van der Waals surface area contributed by atoms with Crippen molar-refractivity contribution in [3.05, 3.63) is 88.1 Å². The fraction of sp³-hybridized carbons (Fsp3) is 0.276. The summed E-state index contributed by atoms with van der Waals surface area (Å²) in [5, 5.41) is 21.9. The van der Waals surface area contributed by atoms with Gasteiger partial charge in [0, 0.05) is 23.4 Å². The average molecular weight is 575 g/mol. The lowest BCUT2D eigenvalue weighted by Gasteiger charge is -2.38. The highest BCUT2D eigenvalue weighted by molar-refractivity contribution is 8.01. The SMILES string of the molecule is CC(C)c1ccc(C2C(C#N)=C(N)N(c3nnc(SCC(=O)Nc4ccc(F)cc4)s3)C3=C2C(=O)CCC3)cc1. The maximum absolute atomic E-state index is 13.3. The standard InChI is InChI=1S/C29H27FN6O2S2/c1-16(2)17-6-8-18(9-7-17)25-21(14-31)27(32)36(22-4-3-5-23(37)26(22)25)28-34-35-29(40-28)39-15-24(38)33-20-12-10-19(30)11-13-20/h6-13,16,25H,3-5,15,32H2,1-2H3,(H,33,38). The molecular formula is C29H27FN6O2S2. The maximum atomic E-state index is 13.3. The molecule has 8 nitrogen and oxygen atoms in total. The number of Topliss-reactive ketones (excluding diaryl/α,β-unsaturated/α-hetero) is 1. The van der Waals surface area contributed by atoms with Crippen LogP contribution in [0.2, 0.25) is 0 Å². The molecule has 0 saturated heterocycles. The molecule has 2 heterocycles. The van der Waals surface area contributed by atoms with Crippen molar-refractivity contribution in [2.45, 2.75) is 49.3 Å². The Hall–Kier alpha value is -4.01. The number of benzene rings is 2. The molecule has 11 heteroatoms. The molecule has 5 rings (SSSR count). The summed E-state index contributed by atoms with van der Waals surface area (Å²) in [5.74, 6) is -0.531. The van der Waals surface area contributed by atoms with Crippen LogP contribution in [0.1, 0.15) is 56.1 Å². The van der Waals surface area contributed by atoms with Gasteiger partial charge in [0.2, 0.25) is 11.0 Å². The van der Waals surface area contributed by atoms with E-state index in [1.165, 1.54) is 52.9 Å². The monoisotopic (exact) mass is 574 g/mol. The van der Waals surface area contributed by atoms with Crippen molar-refractivity contribution in [3.63, 3.8) is 0 Å². The maximum Gasteiger partial charge on any atom is 0.234 e. The van der Waals surface area contributed by atoms with E-state index in [2.05, 4.69) is 35.4 Å². The molecule has 40 heavy (non-hydrogen) atoms. The quantitative estimate of drug-likeness (QED) is 0.338. The Morgan fingerprint density at radius 3 is 2.60 bits per heavy atom. The number of nitriles is 1. The zero-order valence-corrected chi connectivity index (χ0v) is 23.6. The van der Waals surface area contributed by atoms with Gasteiger partial charge in [0.25, 0.3) is 0 Å². The Morgan fingerprint density at radius 1 is 1.20 bits per heavy atom. The largest absolute Gasteiger partial charge is 0.384 e. The van der Waals surface area contributed by atoms with Gasteiger partial charge in [-0.25, -0.2) is 4.39 Å². The number of halogens is 1. The number of carbonyl (C=O) groups excluding carboxylic acids is 2. The summed E-state index contributed by atoms with van der Waals surface area (Å²) < 4.78 is 13.6. The Balaban J connectivity index is 1.41. The van der Waals surface area contributed by atoms with Crippen LogP contribution in [0.5, 0.6) is 0 Å². The van der Waals surface area contributed by atoms with Crippen molar-refractivity contribution in [1.29, 1.82) is 5.26 Å². The normalized spacial score (nSPS) is 17.2. The molecule has 0 fully saturated rings. The Kier molecular flexibility index (Phi) is 8.00. The number of anilines is 2. The number of rotatable bonds is 7. The second kappa shape index (κ2) is 11.6. The predicted molar refractivity (Wildman–Crippen MR) is 154 cm³/mol. The van der Waals surface area contributed by atoms with Gasteiger partial charge in [-0.15, -0.1) is 10.2 Å².